The Labute approximate surface area is 187 Å². The van der Waals surface area contributed by atoms with E-state index in [1.165, 1.54) is 22.8 Å². The van der Waals surface area contributed by atoms with Crippen LogP contribution in [0.1, 0.15) is 21.5 Å². The van der Waals surface area contributed by atoms with Crippen molar-refractivity contribution in [2.45, 2.75) is 13.5 Å². The molecule has 0 radical (unpaired) electrons. The first kappa shape index (κ1) is 21.2. The third-order valence-corrected chi connectivity index (χ3v) is 5.27. The summed E-state index contributed by atoms with van der Waals surface area (Å²) >= 11 is 5.83. The van der Waals surface area contributed by atoms with E-state index in [4.69, 9.17) is 11.6 Å². The second-order valence-corrected chi connectivity index (χ2v) is 7.64. The molecule has 4 rings (SSSR count). The summed E-state index contributed by atoms with van der Waals surface area (Å²) in [6.07, 6.45) is 1.58. The fourth-order valence-corrected chi connectivity index (χ4v) is 3.51. The van der Waals surface area contributed by atoms with Crippen molar-refractivity contribution in [2.75, 3.05) is 5.32 Å². The Bertz CT molecular complexity index is 1410. The van der Waals surface area contributed by atoms with Gasteiger partial charge in [-0.2, -0.15) is 0 Å². The number of carbonyl (C=O) groups excluding carboxylic acids is 1. The minimum absolute atomic E-state index is 0.0507. The summed E-state index contributed by atoms with van der Waals surface area (Å²) in [5, 5.41) is 14.2. The Morgan fingerprint density at radius 2 is 1.91 bits per heavy atom. The first-order chi connectivity index (χ1) is 15.3. The quantitative estimate of drug-likeness (QED) is 0.355. The van der Waals surface area contributed by atoms with E-state index in [0.29, 0.717) is 11.0 Å². The van der Waals surface area contributed by atoms with Crippen molar-refractivity contribution in [1.29, 1.82) is 0 Å². The number of nitro benzene ring substituents is 1. The lowest BCUT2D eigenvalue weighted by molar-refractivity contribution is -0.384. The van der Waals surface area contributed by atoms with Crippen molar-refractivity contribution in [1.82, 2.24) is 9.55 Å². The molecule has 0 unspecified atom stereocenters. The number of rotatable bonds is 5. The monoisotopic (exact) mass is 448 g/mol. The number of hydrogen-bond acceptors (Lipinski definition) is 5. The van der Waals surface area contributed by atoms with Crippen molar-refractivity contribution < 1.29 is 9.72 Å². The molecule has 2 aromatic carbocycles. The second-order valence-electron chi connectivity index (χ2n) is 7.23. The van der Waals surface area contributed by atoms with Gasteiger partial charge in [0, 0.05) is 23.3 Å². The zero-order chi connectivity index (χ0) is 22.8. The zero-order valence-electron chi connectivity index (χ0n) is 16.9. The number of hydrogen-bond donors (Lipinski definition) is 1. The maximum absolute atomic E-state index is 13.2. The van der Waals surface area contributed by atoms with Gasteiger partial charge in [0.05, 0.1) is 11.5 Å². The molecule has 2 aromatic heterocycles. The van der Waals surface area contributed by atoms with Gasteiger partial charge < -0.3 is 5.32 Å². The largest absolute Gasteiger partial charge is 0.322 e. The standard InChI is InChI=1S/C23H17ClN4O4/c1-14-4-6-15(7-5-14)13-27-21-16(3-2-10-25-21)11-18(23(27)30)22(29)26-17-8-9-19(24)20(12-17)28(31)32/h2-12H,13H2,1H3,(H,26,29). The molecule has 32 heavy (non-hydrogen) atoms. The molecule has 2 heterocycles. The number of pyridine rings is 2. The van der Waals surface area contributed by atoms with Crippen LogP contribution in [-0.2, 0) is 6.54 Å². The molecule has 0 aliphatic rings. The van der Waals surface area contributed by atoms with Gasteiger partial charge in [0.15, 0.2) is 0 Å². The highest BCUT2D eigenvalue weighted by Crippen LogP contribution is 2.27. The lowest BCUT2D eigenvalue weighted by atomic mass is 10.1. The van der Waals surface area contributed by atoms with Gasteiger partial charge >= 0.3 is 0 Å². The van der Waals surface area contributed by atoms with Gasteiger partial charge in [-0.25, -0.2) is 4.98 Å². The van der Waals surface area contributed by atoms with Crippen molar-refractivity contribution in [2.24, 2.45) is 0 Å². The van der Waals surface area contributed by atoms with Crippen LogP contribution in [0.15, 0.2) is 71.7 Å². The smallest absolute Gasteiger partial charge is 0.289 e. The SMILES string of the molecule is Cc1ccc(Cn2c(=O)c(C(=O)Nc3ccc(Cl)c([N+](=O)[O-])c3)cc3cccnc32)cc1. The van der Waals surface area contributed by atoms with E-state index in [2.05, 4.69) is 10.3 Å². The minimum Gasteiger partial charge on any atom is -0.322 e. The predicted octanol–water partition coefficient (Wildman–Crippen LogP) is 4.57. The molecule has 0 fully saturated rings. The number of carbonyl (C=O) groups is 1. The molecule has 160 valence electrons. The van der Waals surface area contributed by atoms with Gasteiger partial charge in [-0.1, -0.05) is 41.4 Å². The highest BCUT2D eigenvalue weighted by molar-refractivity contribution is 6.32. The molecule has 4 aromatic rings. The molecular weight excluding hydrogens is 432 g/mol. The summed E-state index contributed by atoms with van der Waals surface area (Å²) in [5.74, 6) is -0.685. The van der Waals surface area contributed by atoms with Crippen LogP contribution in [0.2, 0.25) is 5.02 Å². The summed E-state index contributed by atoms with van der Waals surface area (Å²) in [6.45, 7) is 2.21. The van der Waals surface area contributed by atoms with Gasteiger partial charge in [0.2, 0.25) is 0 Å². The number of benzene rings is 2. The lowest BCUT2D eigenvalue weighted by Gasteiger charge is -2.13. The lowest BCUT2D eigenvalue weighted by Crippen LogP contribution is -2.30. The summed E-state index contributed by atoms with van der Waals surface area (Å²) in [4.78, 5) is 41.0. The average molecular weight is 449 g/mol. The van der Waals surface area contributed by atoms with Crippen molar-refractivity contribution in [3.63, 3.8) is 0 Å². The Hall–Kier alpha value is -4.04. The number of halogens is 1. The first-order valence-corrected chi connectivity index (χ1v) is 10.0. The molecule has 0 aliphatic heterocycles. The maximum atomic E-state index is 13.2. The summed E-state index contributed by atoms with van der Waals surface area (Å²) in [6, 6.07) is 16.6. The number of amides is 1. The fraction of sp³-hybridized carbons (Fsp3) is 0.0870. The molecule has 0 aliphatic carbocycles. The predicted molar refractivity (Wildman–Crippen MR) is 122 cm³/mol. The van der Waals surface area contributed by atoms with E-state index >= 15 is 0 Å². The van der Waals surface area contributed by atoms with E-state index in [0.717, 1.165) is 17.2 Å². The van der Waals surface area contributed by atoms with Gasteiger partial charge in [0.25, 0.3) is 17.2 Å². The van der Waals surface area contributed by atoms with E-state index in [9.17, 15) is 19.7 Å². The Morgan fingerprint density at radius 1 is 1.16 bits per heavy atom. The highest BCUT2D eigenvalue weighted by atomic mass is 35.5. The van der Waals surface area contributed by atoms with Crippen LogP contribution in [0.5, 0.6) is 0 Å². The first-order valence-electron chi connectivity index (χ1n) is 9.63. The van der Waals surface area contributed by atoms with E-state index in [1.54, 1.807) is 18.3 Å². The van der Waals surface area contributed by atoms with Gasteiger partial charge in [-0.05, 0) is 42.8 Å². The molecule has 0 bridgehead atoms. The summed E-state index contributed by atoms with van der Waals surface area (Å²) < 4.78 is 1.44. The number of aryl methyl sites for hydroxylation is 1. The third kappa shape index (κ3) is 4.21. The number of nitro groups is 1. The summed E-state index contributed by atoms with van der Waals surface area (Å²) in [5.41, 5.74) is 1.63. The van der Waals surface area contributed by atoms with Crippen LogP contribution in [-0.4, -0.2) is 20.4 Å². The molecule has 0 saturated heterocycles. The van der Waals surface area contributed by atoms with E-state index < -0.39 is 16.4 Å². The third-order valence-electron chi connectivity index (χ3n) is 4.95. The van der Waals surface area contributed by atoms with Gasteiger partial charge in [-0.15, -0.1) is 0 Å². The van der Waals surface area contributed by atoms with Crippen LogP contribution >= 0.6 is 11.6 Å². The topological polar surface area (TPSA) is 107 Å². The molecule has 8 nitrogen and oxygen atoms in total. The zero-order valence-corrected chi connectivity index (χ0v) is 17.7. The van der Waals surface area contributed by atoms with E-state index in [-0.39, 0.29) is 28.5 Å². The number of anilines is 1. The van der Waals surface area contributed by atoms with Crippen LogP contribution in [0.3, 0.4) is 0 Å². The molecular formula is C23H17ClN4O4. The number of aromatic nitrogens is 2. The summed E-state index contributed by atoms with van der Waals surface area (Å²) in [7, 11) is 0. The van der Waals surface area contributed by atoms with Crippen molar-refractivity contribution in [3.8, 4) is 0 Å². The minimum atomic E-state index is -0.685. The van der Waals surface area contributed by atoms with Crippen LogP contribution in [0, 0.1) is 17.0 Å². The van der Waals surface area contributed by atoms with Crippen LogP contribution < -0.4 is 10.9 Å². The Morgan fingerprint density at radius 3 is 2.62 bits per heavy atom. The van der Waals surface area contributed by atoms with Crippen molar-refractivity contribution in [3.05, 3.63) is 109 Å². The van der Waals surface area contributed by atoms with Gasteiger partial charge in [-0.3, -0.25) is 24.3 Å². The molecule has 9 heteroatoms. The number of fused-ring (bicyclic) bond motifs is 1. The average Bonchev–Trinajstić information content (AvgIpc) is 2.78. The highest BCUT2D eigenvalue weighted by Gasteiger charge is 2.19. The molecule has 0 atom stereocenters. The van der Waals surface area contributed by atoms with Crippen LogP contribution in [0.25, 0.3) is 11.0 Å². The van der Waals surface area contributed by atoms with Gasteiger partial charge in [0.1, 0.15) is 16.2 Å². The normalized spacial score (nSPS) is 10.8. The maximum Gasteiger partial charge on any atom is 0.289 e. The number of nitrogens with one attached hydrogen (secondary N) is 1. The fourth-order valence-electron chi connectivity index (χ4n) is 3.32. The van der Waals surface area contributed by atoms with Crippen LogP contribution in [0.4, 0.5) is 11.4 Å². The molecule has 1 amide bonds. The molecule has 1 N–H and O–H groups in total. The van der Waals surface area contributed by atoms with E-state index in [1.807, 2.05) is 31.2 Å². The molecule has 0 saturated carbocycles. The second kappa shape index (κ2) is 8.60. The number of nitrogens with zero attached hydrogens (tertiary/aromatic N) is 3. The van der Waals surface area contributed by atoms with Crippen molar-refractivity contribution >= 4 is 39.9 Å². The Kier molecular flexibility index (Phi) is 5.70. The molecule has 0 spiro atoms. The Balaban J connectivity index is 1.76.